The average Bonchev–Trinajstić information content (AvgIpc) is 2.24. The van der Waals surface area contributed by atoms with Crippen LogP contribution in [-0.2, 0) is 29.4 Å². The highest BCUT2D eigenvalue weighted by molar-refractivity contribution is 7.92. The molecule has 1 N–H and O–H groups in total. The van der Waals surface area contributed by atoms with Crippen molar-refractivity contribution in [2.24, 2.45) is 0 Å². The molecule has 0 aromatic rings. The van der Waals surface area contributed by atoms with Crippen molar-refractivity contribution in [3.63, 3.8) is 0 Å². The molecule has 1 rings (SSSR count). The molecule has 1 heterocycles. The number of carboxylic acid groups (broad SMARTS) is 1. The standard InChI is InChI=1S/C9H17NO7S2/c1-17-3-5-19(15,16)10-2-4-18(13,14)7-8(10)6-9(11)12/h8H,2-7H2,1H3,(H,11,12). The number of rotatable bonds is 6. The van der Waals surface area contributed by atoms with E-state index < -0.39 is 44.0 Å². The first-order valence-electron chi connectivity index (χ1n) is 5.58. The Hall–Kier alpha value is -0.710. The van der Waals surface area contributed by atoms with Crippen LogP contribution in [0.3, 0.4) is 0 Å². The van der Waals surface area contributed by atoms with Gasteiger partial charge in [0.05, 0.1) is 30.3 Å². The second kappa shape index (κ2) is 6.16. The fraction of sp³-hybridized carbons (Fsp3) is 0.889. The molecule has 1 fully saturated rings. The van der Waals surface area contributed by atoms with Crippen molar-refractivity contribution in [1.29, 1.82) is 0 Å². The molecule has 0 aromatic heterocycles. The molecule has 1 atom stereocenters. The summed E-state index contributed by atoms with van der Waals surface area (Å²) in [5.74, 6) is -2.26. The number of aliphatic carboxylic acids is 1. The number of sulfone groups is 1. The maximum Gasteiger partial charge on any atom is 0.305 e. The minimum absolute atomic E-state index is 0.0224. The zero-order valence-electron chi connectivity index (χ0n) is 10.5. The van der Waals surface area contributed by atoms with Gasteiger partial charge in [0.2, 0.25) is 10.0 Å². The summed E-state index contributed by atoms with van der Waals surface area (Å²) in [5, 5.41) is 8.75. The van der Waals surface area contributed by atoms with Crippen LogP contribution < -0.4 is 0 Å². The van der Waals surface area contributed by atoms with Crippen LogP contribution in [0.2, 0.25) is 0 Å². The van der Waals surface area contributed by atoms with Gasteiger partial charge in [-0.2, -0.15) is 4.31 Å². The summed E-state index contributed by atoms with van der Waals surface area (Å²) in [6, 6.07) is -1.04. The highest BCUT2D eigenvalue weighted by Gasteiger charge is 2.38. The Morgan fingerprint density at radius 2 is 2.11 bits per heavy atom. The van der Waals surface area contributed by atoms with Gasteiger partial charge >= 0.3 is 5.97 Å². The number of nitrogens with zero attached hydrogens (tertiary/aromatic N) is 1. The highest BCUT2D eigenvalue weighted by Crippen LogP contribution is 2.19. The minimum atomic E-state index is -3.71. The summed E-state index contributed by atoms with van der Waals surface area (Å²) in [6.07, 6.45) is -0.522. The fourth-order valence-corrected chi connectivity index (χ4v) is 5.23. The monoisotopic (exact) mass is 315 g/mol. The molecule has 8 nitrogen and oxygen atoms in total. The molecule has 0 aliphatic carbocycles. The van der Waals surface area contributed by atoms with Crippen LogP contribution in [0.5, 0.6) is 0 Å². The lowest BCUT2D eigenvalue weighted by molar-refractivity contribution is -0.137. The van der Waals surface area contributed by atoms with Gasteiger partial charge in [-0.1, -0.05) is 0 Å². The molecule has 1 saturated heterocycles. The lowest BCUT2D eigenvalue weighted by Gasteiger charge is -2.33. The molecular weight excluding hydrogens is 298 g/mol. The second-order valence-electron chi connectivity index (χ2n) is 4.29. The molecule has 0 bridgehead atoms. The third kappa shape index (κ3) is 4.71. The summed E-state index contributed by atoms with van der Waals surface area (Å²) in [4.78, 5) is 10.7. The van der Waals surface area contributed by atoms with Crippen molar-refractivity contribution >= 4 is 25.8 Å². The first kappa shape index (κ1) is 16.3. The Labute approximate surface area is 112 Å². The van der Waals surface area contributed by atoms with Gasteiger partial charge in [0.1, 0.15) is 0 Å². The largest absolute Gasteiger partial charge is 0.481 e. The zero-order valence-corrected chi connectivity index (χ0v) is 12.1. The van der Waals surface area contributed by atoms with E-state index in [1.165, 1.54) is 7.11 Å². The van der Waals surface area contributed by atoms with Gasteiger partial charge in [0.25, 0.3) is 0 Å². The molecule has 19 heavy (non-hydrogen) atoms. The fourth-order valence-electron chi connectivity index (χ4n) is 1.91. The first-order valence-corrected chi connectivity index (χ1v) is 9.01. The average molecular weight is 315 g/mol. The summed E-state index contributed by atoms with van der Waals surface area (Å²) >= 11 is 0. The van der Waals surface area contributed by atoms with Crippen molar-refractivity contribution in [2.75, 3.05) is 37.5 Å². The van der Waals surface area contributed by atoms with E-state index in [0.29, 0.717) is 0 Å². The topological polar surface area (TPSA) is 118 Å². The van der Waals surface area contributed by atoms with Crippen LogP contribution in [0.1, 0.15) is 6.42 Å². The Balaban J connectivity index is 2.93. The van der Waals surface area contributed by atoms with Gasteiger partial charge in [0.15, 0.2) is 9.84 Å². The summed E-state index contributed by atoms with van der Waals surface area (Å²) in [5.41, 5.74) is 0. The quantitative estimate of drug-likeness (QED) is 0.636. The van der Waals surface area contributed by atoms with Gasteiger partial charge in [-0.3, -0.25) is 4.79 Å². The van der Waals surface area contributed by atoms with Crippen LogP contribution in [-0.4, -0.2) is 75.8 Å². The summed E-state index contributed by atoms with van der Waals surface area (Å²) < 4.78 is 52.6. The van der Waals surface area contributed by atoms with Gasteiger partial charge in [-0.25, -0.2) is 16.8 Å². The highest BCUT2D eigenvalue weighted by atomic mass is 32.2. The number of carbonyl (C=O) groups is 1. The number of methoxy groups -OCH3 is 1. The van der Waals surface area contributed by atoms with Crippen LogP contribution in [0, 0.1) is 0 Å². The SMILES string of the molecule is COCCS(=O)(=O)N1CCS(=O)(=O)CC1CC(=O)O. The number of sulfonamides is 1. The van der Waals surface area contributed by atoms with Crippen molar-refractivity contribution in [3.05, 3.63) is 0 Å². The Morgan fingerprint density at radius 3 is 2.63 bits per heavy atom. The van der Waals surface area contributed by atoms with E-state index in [1.54, 1.807) is 0 Å². The molecular formula is C9H17NO7S2. The van der Waals surface area contributed by atoms with E-state index in [2.05, 4.69) is 4.74 Å². The van der Waals surface area contributed by atoms with Gasteiger partial charge in [-0.05, 0) is 0 Å². The predicted molar refractivity (Wildman–Crippen MR) is 67.1 cm³/mol. The van der Waals surface area contributed by atoms with E-state index in [4.69, 9.17) is 5.11 Å². The summed E-state index contributed by atoms with van der Waals surface area (Å²) in [6.45, 7) is -0.225. The Bertz CT molecular complexity index is 525. The number of ether oxygens (including phenoxy) is 1. The third-order valence-electron chi connectivity index (χ3n) is 2.79. The van der Waals surface area contributed by atoms with Crippen LogP contribution in [0.25, 0.3) is 0 Å². The number of hydrogen-bond donors (Lipinski definition) is 1. The molecule has 1 aliphatic rings. The van der Waals surface area contributed by atoms with E-state index in [1.807, 2.05) is 0 Å². The molecule has 1 unspecified atom stereocenters. The second-order valence-corrected chi connectivity index (χ2v) is 8.56. The number of hydrogen-bond acceptors (Lipinski definition) is 6. The predicted octanol–water partition coefficient (Wildman–Crippen LogP) is -1.46. The van der Waals surface area contributed by atoms with Crippen LogP contribution in [0.15, 0.2) is 0 Å². The summed E-state index contributed by atoms with van der Waals surface area (Å²) in [7, 11) is -5.75. The first-order chi connectivity index (χ1) is 8.68. The van der Waals surface area contributed by atoms with Gasteiger partial charge in [0, 0.05) is 19.7 Å². The smallest absolute Gasteiger partial charge is 0.305 e. The molecule has 0 saturated carbocycles. The molecule has 0 aromatic carbocycles. The van der Waals surface area contributed by atoms with Crippen molar-refractivity contribution < 1.29 is 31.5 Å². The molecule has 0 radical (unpaired) electrons. The van der Waals surface area contributed by atoms with Crippen LogP contribution in [0.4, 0.5) is 0 Å². The molecule has 10 heteroatoms. The van der Waals surface area contributed by atoms with E-state index in [-0.39, 0.29) is 24.7 Å². The van der Waals surface area contributed by atoms with E-state index in [9.17, 15) is 21.6 Å². The molecule has 1 aliphatic heterocycles. The maximum atomic E-state index is 12.0. The van der Waals surface area contributed by atoms with Crippen molar-refractivity contribution in [1.82, 2.24) is 4.31 Å². The molecule has 112 valence electrons. The Morgan fingerprint density at radius 1 is 1.47 bits per heavy atom. The van der Waals surface area contributed by atoms with Gasteiger partial charge in [-0.15, -0.1) is 0 Å². The Kier molecular flexibility index (Phi) is 5.30. The van der Waals surface area contributed by atoms with E-state index in [0.717, 1.165) is 4.31 Å². The van der Waals surface area contributed by atoms with Crippen molar-refractivity contribution in [2.45, 2.75) is 12.5 Å². The zero-order chi connectivity index (χ0) is 14.7. The van der Waals surface area contributed by atoms with Gasteiger partial charge < -0.3 is 9.84 Å². The van der Waals surface area contributed by atoms with E-state index >= 15 is 0 Å². The third-order valence-corrected chi connectivity index (χ3v) is 6.36. The maximum absolute atomic E-state index is 12.0. The molecule has 0 amide bonds. The van der Waals surface area contributed by atoms with Crippen molar-refractivity contribution in [3.8, 4) is 0 Å². The number of carboxylic acids is 1. The normalized spacial score (nSPS) is 24.2. The minimum Gasteiger partial charge on any atom is -0.481 e. The molecule has 0 spiro atoms. The lowest BCUT2D eigenvalue weighted by Crippen LogP contribution is -2.52. The lowest BCUT2D eigenvalue weighted by atomic mass is 10.2. The van der Waals surface area contributed by atoms with Crippen LogP contribution >= 0.6 is 0 Å².